The number of ether oxygens (including phenoxy) is 1. The molecule has 0 spiro atoms. The number of rotatable bonds is 4. The summed E-state index contributed by atoms with van der Waals surface area (Å²) < 4.78 is 5.25. The standard InChI is InChI=1S/C14H21NO/c1-11(15-13-7-3-4-8-13)12-6-5-9-14(10-12)16-2/h5-6,9-11,13,15H,3-4,7-8H2,1-2H3. The Morgan fingerprint density at radius 1 is 1.31 bits per heavy atom. The van der Waals surface area contributed by atoms with Gasteiger partial charge in [-0.2, -0.15) is 0 Å². The third kappa shape index (κ3) is 2.76. The predicted octanol–water partition coefficient (Wildman–Crippen LogP) is 3.29. The lowest BCUT2D eigenvalue weighted by atomic mass is 10.1. The molecule has 1 N–H and O–H groups in total. The van der Waals surface area contributed by atoms with Gasteiger partial charge in [-0.3, -0.25) is 0 Å². The fourth-order valence-corrected chi connectivity index (χ4v) is 2.45. The molecule has 1 unspecified atom stereocenters. The Labute approximate surface area is 98.0 Å². The molecule has 2 nitrogen and oxygen atoms in total. The van der Waals surface area contributed by atoms with Crippen LogP contribution in [0, 0.1) is 0 Å². The minimum absolute atomic E-state index is 0.415. The van der Waals surface area contributed by atoms with Crippen LogP contribution in [0.5, 0.6) is 5.75 Å². The van der Waals surface area contributed by atoms with Crippen molar-refractivity contribution in [1.29, 1.82) is 0 Å². The molecule has 0 amide bonds. The van der Waals surface area contributed by atoms with Crippen LogP contribution in [0.25, 0.3) is 0 Å². The van der Waals surface area contributed by atoms with E-state index in [1.54, 1.807) is 7.11 Å². The number of benzene rings is 1. The molecule has 0 aromatic heterocycles. The van der Waals surface area contributed by atoms with E-state index in [0.29, 0.717) is 12.1 Å². The first-order valence-electron chi connectivity index (χ1n) is 6.19. The highest BCUT2D eigenvalue weighted by atomic mass is 16.5. The first-order valence-corrected chi connectivity index (χ1v) is 6.19. The number of methoxy groups -OCH3 is 1. The zero-order valence-corrected chi connectivity index (χ0v) is 10.2. The minimum Gasteiger partial charge on any atom is -0.497 e. The molecule has 1 aromatic carbocycles. The van der Waals surface area contributed by atoms with Crippen LogP contribution >= 0.6 is 0 Å². The van der Waals surface area contributed by atoms with Crippen LogP contribution in [0.2, 0.25) is 0 Å². The van der Waals surface area contributed by atoms with Gasteiger partial charge in [0.05, 0.1) is 7.11 Å². The van der Waals surface area contributed by atoms with Crippen molar-refractivity contribution in [3.63, 3.8) is 0 Å². The van der Waals surface area contributed by atoms with E-state index >= 15 is 0 Å². The average Bonchev–Trinajstić information content (AvgIpc) is 2.82. The Morgan fingerprint density at radius 3 is 2.75 bits per heavy atom. The summed E-state index contributed by atoms with van der Waals surface area (Å²) in [5.74, 6) is 0.942. The monoisotopic (exact) mass is 219 g/mol. The third-order valence-electron chi connectivity index (χ3n) is 3.43. The van der Waals surface area contributed by atoms with Gasteiger partial charge in [-0.1, -0.05) is 25.0 Å². The van der Waals surface area contributed by atoms with E-state index in [-0.39, 0.29) is 0 Å². The Kier molecular flexibility index (Phi) is 3.83. The van der Waals surface area contributed by atoms with Gasteiger partial charge in [-0.05, 0) is 37.5 Å². The van der Waals surface area contributed by atoms with Crippen molar-refractivity contribution in [2.75, 3.05) is 7.11 Å². The van der Waals surface area contributed by atoms with Gasteiger partial charge >= 0.3 is 0 Å². The second-order valence-electron chi connectivity index (χ2n) is 4.65. The summed E-state index contributed by atoms with van der Waals surface area (Å²) in [6.07, 6.45) is 5.41. The van der Waals surface area contributed by atoms with Crippen LogP contribution in [0.1, 0.15) is 44.2 Å². The van der Waals surface area contributed by atoms with Gasteiger partial charge in [0, 0.05) is 12.1 Å². The highest BCUT2D eigenvalue weighted by molar-refractivity contribution is 5.30. The van der Waals surface area contributed by atoms with E-state index in [2.05, 4.69) is 30.4 Å². The highest BCUT2D eigenvalue weighted by Crippen LogP contribution is 2.23. The number of hydrogen-bond donors (Lipinski definition) is 1. The molecule has 2 rings (SSSR count). The lowest BCUT2D eigenvalue weighted by Crippen LogP contribution is -2.28. The van der Waals surface area contributed by atoms with Crippen molar-refractivity contribution < 1.29 is 4.74 Å². The summed E-state index contributed by atoms with van der Waals surface area (Å²) in [5, 5.41) is 3.69. The molecule has 0 saturated heterocycles. The molecule has 0 aliphatic heterocycles. The molecular weight excluding hydrogens is 198 g/mol. The Bertz CT molecular complexity index is 331. The fourth-order valence-electron chi connectivity index (χ4n) is 2.45. The first-order chi connectivity index (χ1) is 7.79. The molecule has 0 heterocycles. The van der Waals surface area contributed by atoms with Crippen LogP contribution in [0.3, 0.4) is 0 Å². The first kappa shape index (κ1) is 11.5. The molecular formula is C14H21NO. The maximum Gasteiger partial charge on any atom is 0.119 e. The van der Waals surface area contributed by atoms with Crippen LogP contribution in [-0.2, 0) is 0 Å². The van der Waals surface area contributed by atoms with Crippen molar-refractivity contribution in [2.45, 2.75) is 44.7 Å². The summed E-state index contributed by atoms with van der Waals surface area (Å²) in [6.45, 7) is 2.23. The second-order valence-corrected chi connectivity index (χ2v) is 4.65. The summed E-state index contributed by atoms with van der Waals surface area (Å²) in [6, 6.07) is 9.45. The molecule has 1 aliphatic rings. The zero-order valence-electron chi connectivity index (χ0n) is 10.2. The van der Waals surface area contributed by atoms with Crippen molar-refractivity contribution >= 4 is 0 Å². The Morgan fingerprint density at radius 2 is 2.06 bits per heavy atom. The summed E-state index contributed by atoms with van der Waals surface area (Å²) >= 11 is 0. The van der Waals surface area contributed by atoms with Crippen LogP contribution in [0.4, 0.5) is 0 Å². The van der Waals surface area contributed by atoms with Gasteiger partial charge < -0.3 is 10.1 Å². The summed E-state index contributed by atoms with van der Waals surface area (Å²) in [7, 11) is 1.72. The third-order valence-corrected chi connectivity index (χ3v) is 3.43. The molecule has 1 aliphatic carbocycles. The Hall–Kier alpha value is -1.02. The summed E-state index contributed by atoms with van der Waals surface area (Å²) in [4.78, 5) is 0. The van der Waals surface area contributed by atoms with E-state index in [9.17, 15) is 0 Å². The van der Waals surface area contributed by atoms with Gasteiger partial charge in [0.1, 0.15) is 5.75 Å². The van der Waals surface area contributed by atoms with Gasteiger partial charge in [-0.15, -0.1) is 0 Å². The molecule has 1 atom stereocenters. The van der Waals surface area contributed by atoms with Crippen molar-refractivity contribution in [2.24, 2.45) is 0 Å². The lowest BCUT2D eigenvalue weighted by Gasteiger charge is -2.19. The number of nitrogens with one attached hydrogen (secondary N) is 1. The van der Waals surface area contributed by atoms with E-state index in [4.69, 9.17) is 4.74 Å². The Balaban J connectivity index is 1.98. The molecule has 1 aromatic rings. The smallest absolute Gasteiger partial charge is 0.119 e. The van der Waals surface area contributed by atoms with E-state index in [1.807, 2.05) is 6.07 Å². The zero-order chi connectivity index (χ0) is 11.4. The maximum atomic E-state index is 5.25. The maximum absolute atomic E-state index is 5.25. The molecule has 16 heavy (non-hydrogen) atoms. The van der Waals surface area contributed by atoms with Crippen LogP contribution in [-0.4, -0.2) is 13.2 Å². The normalized spacial score (nSPS) is 18.6. The molecule has 0 radical (unpaired) electrons. The molecule has 0 bridgehead atoms. The van der Waals surface area contributed by atoms with Crippen molar-refractivity contribution in [3.05, 3.63) is 29.8 Å². The van der Waals surface area contributed by atoms with Gasteiger partial charge in [0.2, 0.25) is 0 Å². The van der Waals surface area contributed by atoms with Crippen molar-refractivity contribution in [1.82, 2.24) is 5.32 Å². The van der Waals surface area contributed by atoms with Gasteiger partial charge in [0.25, 0.3) is 0 Å². The number of hydrogen-bond acceptors (Lipinski definition) is 2. The highest BCUT2D eigenvalue weighted by Gasteiger charge is 2.17. The largest absolute Gasteiger partial charge is 0.497 e. The quantitative estimate of drug-likeness (QED) is 0.839. The van der Waals surface area contributed by atoms with E-state index < -0.39 is 0 Å². The topological polar surface area (TPSA) is 21.3 Å². The SMILES string of the molecule is COc1cccc(C(C)NC2CCCC2)c1. The summed E-state index contributed by atoms with van der Waals surface area (Å²) in [5.41, 5.74) is 1.31. The van der Waals surface area contributed by atoms with E-state index in [0.717, 1.165) is 5.75 Å². The molecule has 1 fully saturated rings. The van der Waals surface area contributed by atoms with E-state index in [1.165, 1.54) is 31.2 Å². The molecule has 2 heteroatoms. The van der Waals surface area contributed by atoms with Crippen molar-refractivity contribution in [3.8, 4) is 5.75 Å². The minimum atomic E-state index is 0.415. The fraction of sp³-hybridized carbons (Fsp3) is 0.571. The van der Waals surface area contributed by atoms with Crippen LogP contribution < -0.4 is 10.1 Å². The lowest BCUT2D eigenvalue weighted by molar-refractivity contribution is 0.411. The molecule has 88 valence electrons. The van der Waals surface area contributed by atoms with Crippen LogP contribution in [0.15, 0.2) is 24.3 Å². The predicted molar refractivity (Wildman–Crippen MR) is 66.8 cm³/mol. The molecule has 1 saturated carbocycles. The second kappa shape index (κ2) is 5.35. The van der Waals surface area contributed by atoms with Gasteiger partial charge in [0.15, 0.2) is 0 Å². The van der Waals surface area contributed by atoms with Gasteiger partial charge in [-0.25, -0.2) is 0 Å². The average molecular weight is 219 g/mol.